The molecule has 0 fully saturated rings. The van der Waals surface area contributed by atoms with Gasteiger partial charge in [0, 0.05) is 0 Å². The molecule has 1 aliphatic heterocycles. The molecule has 162 valence electrons. The Balaban J connectivity index is 1.99. The van der Waals surface area contributed by atoms with Gasteiger partial charge < -0.3 is 14.2 Å². The second kappa shape index (κ2) is 7.28. The molecule has 0 aromatic heterocycles. The van der Waals surface area contributed by atoms with Crippen molar-refractivity contribution in [3.63, 3.8) is 0 Å². The molecule has 0 radical (unpaired) electrons. The van der Waals surface area contributed by atoms with Crippen molar-refractivity contribution in [2.75, 3.05) is 27.4 Å². The Bertz CT molecular complexity index is 1100. The SMILES string of the molecule is COC(=O)C12C(=O)C(C(=O)OC)(C3=C1CCOC3)C(c1ccccc1)=C2c1ccccc1. The van der Waals surface area contributed by atoms with Crippen molar-refractivity contribution < 1.29 is 28.6 Å². The van der Waals surface area contributed by atoms with Crippen LogP contribution in [0.4, 0.5) is 0 Å². The van der Waals surface area contributed by atoms with Gasteiger partial charge in [0.05, 0.1) is 27.4 Å². The van der Waals surface area contributed by atoms with Gasteiger partial charge in [-0.3, -0.25) is 14.4 Å². The van der Waals surface area contributed by atoms with Gasteiger partial charge in [0.25, 0.3) is 0 Å². The van der Waals surface area contributed by atoms with Crippen LogP contribution in [0, 0.1) is 10.8 Å². The second-order valence-corrected chi connectivity index (χ2v) is 8.05. The summed E-state index contributed by atoms with van der Waals surface area (Å²) in [5.41, 5.74) is -0.0428. The van der Waals surface area contributed by atoms with Gasteiger partial charge in [0.2, 0.25) is 0 Å². The Morgan fingerprint density at radius 3 is 1.72 bits per heavy atom. The number of fused-ring (bicyclic) bond motifs is 4. The molecule has 2 aromatic carbocycles. The van der Waals surface area contributed by atoms with E-state index in [0.717, 1.165) is 0 Å². The molecule has 1 heterocycles. The van der Waals surface area contributed by atoms with E-state index in [2.05, 4.69) is 0 Å². The van der Waals surface area contributed by atoms with Crippen LogP contribution in [0.5, 0.6) is 0 Å². The van der Waals surface area contributed by atoms with Gasteiger partial charge in [-0.15, -0.1) is 0 Å². The monoisotopic (exact) mass is 430 g/mol. The predicted molar refractivity (Wildman–Crippen MR) is 116 cm³/mol. The van der Waals surface area contributed by atoms with Gasteiger partial charge in [0.15, 0.2) is 16.6 Å². The maximum absolute atomic E-state index is 14.4. The van der Waals surface area contributed by atoms with Crippen molar-refractivity contribution in [2.45, 2.75) is 6.42 Å². The van der Waals surface area contributed by atoms with E-state index >= 15 is 0 Å². The van der Waals surface area contributed by atoms with E-state index in [1.54, 1.807) is 0 Å². The second-order valence-electron chi connectivity index (χ2n) is 8.05. The standard InChI is InChI=1S/C26H22O6/c1-30-23(28)25-18-13-14-32-15-19(18)26(22(25)27,24(29)31-2)21(17-11-7-4-8-12-17)20(25)16-9-5-3-6-10-16/h3-12H,13-15H2,1-2H3. The number of rotatable bonds is 4. The van der Waals surface area contributed by atoms with Crippen molar-refractivity contribution in [2.24, 2.45) is 10.8 Å². The van der Waals surface area contributed by atoms with E-state index in [0.29, 0.717) is 46.4 Å². The number of ketones is 1. The van der Waals surface area contributed by atoms with Crippen molar-refractivity contribution in [3.05, 3.63) is 82.9 Å². The molecule has 0 saturated carbocycles. The van der Waals surface area contributed by atoms with Crippen LogP contribution >= 0.6 is 0 Å². The average Bonchev–Trinajstić information content (AvgIpc) is 3.24. The lowest BCUT2D eigenvalue weighted by atomic mass is 9.67. The van der Waals surface area contributed by atoms with Gasteiger partial charge in [-0.2, -0.15) is 0 Å². The summed E-state index contributed by atoms with van der Waals surface area (Å²) >= 11 is 0. The summed E-state index contributed by atoms with van der Waals surface area (Å²) in [6.07, 6.45) is 0.354. The highest BCUT2D eigenvalue weighted by molar-refractivity contribution is 6.41. The summed E-state index contributed by atoms with van der Waals surface area (Å²) in [5.74, 6) is -1.93. The molecule has 2 aliphatic carbocycles. The third kappa shape index (κ3) is 2.25. The number of esters is 2. The first-order valence-corrected chi connectivity index (χ1v) is 10.4. The highest BCUT2D eigenvalue weighted by Gasteiger charge is 2.77. The van der Waals surface area contributed by atoms with Crippen LogP contribution in [0.2, 0.25) is 0 Å². The van der Waals surface area contributed by atoms with E-state index < -0.39 is 28.6 Å². The molecule has 0 spiro atoms. The van der Waals surface area contributed by atoms with E-state index in [1.165, 1.54) is 14.2 Å². The zero-order chi connectivity index (χ0) is 22.5. The zero-order valence-corrected chi connectivity index (χ0v) is 17.8. The number of Topliss-reactive ketones (excluding diaryl/α,β-unsaturated/α-hetero) is 1. The number of ether oxygens (including phenoxy) is 3. The largest absolute Gasteiger partial charge is 0.468 e. The fraction of sp³-hybridized carbons (Fsp3) is 0.269. The average molecular weight is 430 g/mol. The minimum Gasteiger partial charge on any atom is -0.468 e. The Labute approximate surface area is 185 Å². The smallest absolute Gasteiger partial charge is 0.328 e. The Morgan fingerprint density at radius 2 is 1.25 bits per heavy atom. The molecule has 2 atom stereocenters. The molecule has 0 amide bonds. The molecule has 2 aromatic rings. The first-order valence-electron chi connectivity index (χ1n) is 10.4. The van der Waals surface area contributed by atoms with Crippen molar-refractivity contribution in [3.8, 4) is 0 Å². The fourth-order valence-corrected chi connectivity index (χ4v) is 5.67. The quantitative estimate of drug-likeness (QED) is 0.421. The maximum atomic E-state index is 14.4. The molecular weight excluding hydrogens is 408 g/mol. The fourth-order valence-electron chi connectivity index (χ4n) is 5.67. The number of hydrogen-bond donors (Lipinski definition) is 0. The van der Waals surface area contributed by atoms with Crippen molar-refractivity contribution >= 4 is 28.9 Å². The first kappa shape index (κ1) is 20.4. The maximum Gasteiger partial charge on any atom is 0.328 e. The van der Waals surface area contributed by atoms with Gasteiger partial charge in [-0.1, -0.05) is 60.7 Å². The molecular formula is C26H22O6. The summed E-state index contributed by atoms with van der Waals surface area (Å²) < 4.78 is 16.2. The summed E-state index contributed by atoms with van der Waals surface area (Å²) in [7, 11) is 2.53. The summed E-state index contributed by atoms with van der Waals surface area (Å²) in [6, 6.07) is 18.5. The predicted octanol–water partition coefficient (Wildman–Crippen LogP) is 3.23. The van der Waals surface area contributed by atoms with Crippen LogP contribution in [-0.2, 0) is 28.6 Å². The molecule has 0 N–H and O–H groups in total. The van der Waals surface area contributed by atoms with Gasteiger partial charge in [-0.05, 0) is 39.8 Å². The van der Waals surface area contributed by atoms with Crippen LogP contribution in [0.25, 0.3) is 11.1 Å². The van der Waals surface area contributed by atoms with Crippen LogP contribution < -0.4 is 0 Å². The lowest BCUT2D eigenvalue weighted by molar-refractivity contribution is -0.156. The number of carbonyl (C=O) groups excluding carboxylic acids is 3. The van der Waals surface area contributed by atoms with Crippen LogP contribution in [-0.4, -0.2) is 45.2 Å². The molecule has 32 heavy (non-hydrogen) atoms. The Hall–Kier alpha value is -3.51. The number of carbonyl (C=O) groups is 3. The highest BCUT2D eigenvalue weighted by Crippen LogP contribution is 2.71. The third-order valence-corrected chi connectivity index (χ3v) is 6.80. The minimum atomic E-state index is -1.76. The van der Waals surface area contributed by atoms with Crippen molar-refractivity contribution in [1.29, 1.82) is 0 Å². The van der Waals surface area contributed by atoms with Crippen LogP contribution in [0.1, 0.15) is 17.5 Å². The van der Waals surface area contributed by atoms with E-state index in [9.17, 15) is 14.4 Å². The van der Waals surface area contributed by atoms with Gasteiger partial charge >= 0.3 is 11.9 Å². The Morgan fingerprint density at radius 1 is 0.781 bits per heavy atom. The highest BCUT2D eigenvalue weighted by atomic mass is 16.5. The minimum absolute atomic E-state index is 0.0767. The normalized spacial score (nSPS) is 26.2. The summed E-state index contributed by atoms with van der Waals surface area (Å²) in [5, 5.41) is 0. The van der Waals surface area contributed by atoms with E-state index in [1.807, 2.05) is 60.7 Å². The van der Waals surface area contributed by atoms with E-state index in [-0.39, 0.29) is 6.61 Å². The third-order valence-electron chi connectivity index (χ3n) is 6.80. The number of methoxy groups -OCH3 is 2. The first-order chi connectivity index (χ1) is 15.6. The lowest BCUT2D eigenvalue weighted by Crippen LogP contribution is -2.43. The zero-order valence-electron chi connectivity index (χ0n) is 17.8. The summed E-state index contributed by atoms with van der Waals surface area (Å²) in [6.45, 7) is 0.429. The lowest BCUT2D eigenvalue weighted by Gasteiger charge is -2.36. The van der Waals surface area contributed by atoms with Gasteiger partial charge in [-0.25, -0.2) is 0 Å². The summed E-state index contributed by atoms with van der Waals surface area (Å²) in [4.78, 5) is 41.5. The molecule has 5 rings (SSSR count). The Kier molecular flexibility index (Phi) is 4.64. The van der Waals surface area contributed by atoms with Gasteiger partial charge in [0.1, 0.15) is 0 Å². The van der Waals surface area contributed by atoms with Crippen LogP contribution in [0.15, 0.2) is 71.8 Å². The molecule has 6 nitrogen and oxygen atoms in total. The molecule has 0 saturated heterocycles. The number of hydrogen-bond acceptors (Lipinski definition) is 6. The molecule has 2 bridgehead atoms. The molecule has 3 aliphatic rings. The number of benzene rings is 2. The van der Waals surface area contributed by atoms with Crippen LogP contribution in [0.3, 0.4) is 0 Å². The topological polar surface area (TPSA) is 78.9 Å². The molecule has 2 unspecified atom stereocenters. The van der Waals surface area contributed by atoms with E-state index in [4.69, 9.17) is 14.2 Å². The van der Waals surface area contributed by atoms with Crippen molar-refractivity contribution in [1.82, 2.24) is 0 Å². The molecule has 6 heteroatoms.